The van der Waals surface area contributed by atoms with Gasteiger partial charge in [-0.3, -0.25) is 4.99 Å². The van der Waals surface area contributed by atoms with Gasteiger partial charge in [0.05, 0.1) is 6.54 Å². The number of benzene rings is 1. The minimum atomic E-state index is 0. The molecule has 1 saturated carbocycles. The summed E-state index contributed by atoms with van der Waals surface area (Å²) in [4.78, 5) is 4.85. The van der Waals surface area contributed by atoms with E-state index in [1.165, 1.54) is 29.3 Å². The average Bonchev–Trinajstić information content (AvgIpc) is 3.37. The number of ether oxygens (including phenoxy) is 1. The molecule has 4 nitrogen and oxygen atoms in total. The first-order chi connectivity index (χ1) is 11.7. The Morgan fingerprint density at radius 2 is 1.96 bits per heavy atom. The van der Waals surface area contributed by atoms with Crippen LogP contribution in [0.2, 0.25) is 0 Å². The van der Waals surface area contributed by atoms with Crippen LogP contribution in [-0.4, -0.2) is 39.3 Å². The fourth-order valence-corrected chi connectivity index (χ4v) is 3.59. The SMILES string of the molecule is CCNC(=NCC1(c2ccccc2Br)CC1)NCCCCCOC.I. The molecule has 0 radical (unpaired) electrons. The Morgan fingerprint density at radius 3 is 2.60 bits per heavy atom. The molecule has 142 valence electrons. The average molecular weight is 524 g/mol. The number of methoxy groups -OCH3 is 1. The second-order valence-corrected chi connectivity index (χ2v) is 7.29. The van der Waals surface area contributed by atoms with E-state index in [1.54, 1.807) is 7.11 Å². The van der Waals surface area contributed by atoms with Gasteiger partial charge in [0, 0.05) is 36.7 Å². The monoisotopic (exact) mass is 523 g/mol. The molecule has 1 fully saturated rings. The minimum absolute atomic E-state index is 0. The van der Waals surface area contributed by atoms with Gasteiger partial charge in [-0.15, -0.1) is 24.0 Å². The highest BCUT2D eigenvalue weighted by Gasteiger charge is 2.45. The zero-order valence-electron chi connectivity index (χ0n) is 15.3. The van der Waals surface area contributed by atoms with Gasteiger partial charge >= 0.3 is 0 Å². The summed E-state index contributed by atoms with van der Waals surface area (Å²) in [6.07, 6.45) is 5.88. The number of nitrogens with zero attached hydrogens (tertiary/aromatic N) is 1. The summed E-state index contributed by atoms with van der Waals surface area (Å²) < 4.78 is 6.28. The molecule has 6 heteroatoms. The molecule has 0 spiro atoms. The number of nitrogens with one attached hydrogen (secondary N) is 2. The van der Waals surface area contributed by atoms with Crippen LogP contribution in [-0.2, 0) is 10.2 Å². The van der Waals surface area contributed by atoms with Crippen molar-refractivity contribution < 1.29 is 4.74 Å². The molecule has 0 aliphatic heterocycles. The topological polar surface area (TPSA) is 45.7 Å². The minimum Gasteiger partial charge on any atom is -0.385 e. The summed E-state index contributed by atoms with van der Waals surface area (Å²) in [6.45, 7) is 5.64. The Balaban J connectivity index is 0.00000312. The lowest BCUT2D eigenvalue weighted by atomic mass is 9.96. The van der Waals surface area contributed by atoms with E-state index in [2.05, 4.69) is 57.8 Å². The Bertz CT molecular complexity index is 535. The van der Waals surface area contributed by atoms with Crippen molar-refractivity contribution in [3.05, 3.63) is 34.3 Å². The first-order valence-electron chi connectivity index (χ1n) is 8.98. The van der Waals surface area contributed by atoms with E-state index in [4.69, 9.17) is 9.73 Å². The van der Waals surface area contributed by atoms with Crippen molar-refractivity contribution in [3.8, 4) is 0 Å². The second-order valence-electron chi connectivity index (χ2n) is 6.44. The molecule has 0 heterocycles. The Hall–Kier alpha value is -0.340. The zero-order chi connectivity index (χ0) is 17.3. The maximum absolute atomic E-state index is 5.08. The molecule has 25 heavy (non-hydrogen) atoms. The van der Waals surface area contributed by atoms with E-state index in [0.717, 1.165) is 45.0 Å². The molecule has 0 amide bonds. The number of halogens is 2. The quantitative estimate of drug-likeness (QED) is 0.206. The van der Waals surface area contributed by atoms with Gasteiger partial charge in [-0.2, -0.15) is 0 Å². The lowest BCUT2D eigenvalue weighted by molar-refractivity contribution is 0.192. The Morgan fingerprint density at radius 1 is 1.20 bits per heavy atom. The highest BCUT2D eigenvalue weighted by Crippen LogP contribution is 2.50. The van der Waals surface area contributed by atoms with Crippen LogP contribution in [0.15, 0.2) is 33.7 Å². The van der Waals surface area contributed by atoms with Crippen LogP contribution in [0.4, 0.5) is 0 Å². The third kappa shape index (κ3) is 7.43. The third-order valence-corrected chi connectivity index (χ3v) is 5.19. The molecule has 2 N–H and O–H groups in total. The number of unbranched alkanes of at least 4 members (excludes halogenated alkanes) is 2. The van der Waals surface area contributed by atoms with Gasteiger partial charge in [0.15, 0.2) is 5.96 Å². The summed E-state index contributed by atoms with van der Waals surface area (Å²) in [6, 6.07) is 8.54. The van der Waals surface area contributed by atoms with Crippen molar-refractivity contribution in [2.24, 2.45) is 4.99 Å². The van der Waals surface area contributed by atoms with Gasteiger partial charge in [-0.1, -0.05) is 34.1 Å². The molecule has 0 aromatic heterocycles. The largest absolute Gasteiger partial charge is 0.385 e. The standard InChI is InChI=1S/C19H30BrN3O.HI/c1-3-21-18(22-13-7-4-8-14-24-2)23-15-19(11-12-19)16-9-5-6-10-17(16)20;/h5-6,9-10H,3-4,7-8,11-15H2,1-2H3,(H2,21,22,23);1H. The number of rotatable bonds is 10. The second kappa shape index (κ2) is 12.1. The lowest BCUT2D eigenvalue weighted by Gasteiger charge is -2.17. The van der Waals surface area contributed by atoms with Crippen LogP contribution < -0.4 is 10.6 Å². The third-order valence-electron chi connectivity index (χ3n) is 4.50. The Labute approximate surface area is 177 Å². The zero-order valence-corrected chi connectivity index (χ0v) is 19.2. The molecule has 1 aromatic rings. The maximum Gasteiger partial charge on any atom is 0.191 e. The van der Waals surface area contributed by atoms with Crippen LogP contribution in [0, 0.1) is 0 Å². The van der Waals surface area contributed by atoms with Gasteiger partial charge in [0.1, 0.15) is 0 Å². The van der Waals surface area contributed by atoms with Crippen LogP contribution >= 0.6 is 39.9 Å². The fraction of sp³-hybridized carbons (Fsp3) is 0.632. The summed E-state index contributed by atoms with van der Waals surface area (Å²) in [7, 11) is 1.76. The number of hydrogen-bond donors (Lipinski definition) is 2. The van der Waals surface area contributed by atoms with Crippen LogP contribution in [0.25, 0.3) is 0 Å². The highest BCUT2D eigenvalue weighted by atomic mass is 127. The molecule has 1 aromatic carbocycles. The van der Waals surface area contributed by atoms with Crippen LogP contribution in [0.3, 0.4) is 0 Å². The van der Waals surface area contributed by atoms with Gasteiger partial charge < -0.3 is 15.4 Å². The van der Waals surface area contributed by atoms with Gasteiger partial charge in [-0.05, 0) is 50.7 Å². The summed E-state index contributed by atoms with van der Waals surface area (Å²) in [5, 5.41) is 6.80. The van der Waals surface area contributed by atoms with Gasteiger partial charge in [-0.25, -0.2) is 0 Å². The predicted octanol–water partition coefficient (Wildman–Crippen LogP) is 4.47. The molecule has 0 atom stereocenters. The van der Waals surface area contributed by atoms with E-state index >= 15 is 0 Å². The van der Waals surface area contributed by atoms with E-state index < -0.39 is 0 Å². The molecular weight excluding hydrogens is 493 g/mol. The van der Waals surface area contributed by atoms with Crippen molar-refractivity contribution in [2.45, 2.75) is 44.4 Å². The number of aliphatic imine (C=N–C) groups is 1. The number of guanidine groups is 1. The van der Waals surface area contributed by atoms with E-state index in [1.807, 2.05) is 0 Å². The van der Waals surface area contributed by atoms with Crippen molar-refractivity contribution in [1.82, 2.24) is 10.6 Å². The van der Waals surface area contributed by atoms with Gasteiger partial charge in [0.25, 0.3) is 0 Å². The van der Waals surface area contributed by atoms with E-state index in [-0.39, 0.29) is 29.4 Å². The van der Waals surface area contributed by atoms with E-state index in [0.29, 0.717) is 0 Å². The smallest absolute Gasteiger partial charge is 0.191 e. The first kappa shape index (κ1) is 22.7. The van der Waals surface area contributed by atoms with Crippen LogP contribution in [0.1, 0.15) is 44.6 Å². The van der Waals surface area contributed by atoms with Crippen molar-refractivity contribution in [3.63, 3.8) is 0 Å². The lowest BCUT2D eigenvalue weighted by Crippen LogP contribution is -2.38. The normalized spacial score (nSPS) is 15.4. The molecule has 1 aliphatic carbocycles. The predicted molar refractivity (Wildman–Crippen MR) is 120 cm³/mol. The molecule has 1 aliphatic rings. The molecule has 0 saturated heterocycles. The maximum atomic E-state index is 5.08. The summed E-state index contributed by atoms with van der Waals surface area (Å²) in [5.74, 6) is 0.933. The first-order valence-corrected chi connectivity index (χ1v) is 9.77. The highest BCUT2D eigenvalue weighted by molar-refractivity contribution is 14.0. The van der Waals surface area contributed by atoms with E-state index in [9.17, 15) is 0 Å². The molecule has 0 bridgehead atoms. The molecule has 2 rings (SSSR count). The number of hydrogen-bond acceptors (Lipinski definition) is 2. The molecule has 0 unspecified atom stereocenters. The molecular formula is C19H31BrIN3O. The summed E-state index contributed by atoms with van der Waals surface area (Å²) >= 11 is 3.69. The van der Waals surface area contributed by atoms with Crippen molar-refractivity contribution >= 4 is 45.9 Å². The Kier molecular flexibility index (Phi) is 11.0. The fourth-order valence-electron chi connectivity index (χ4n) is 2.88. The van der Waals surface area contributed by atoms with Gasteiger partial charge in [0.2, 0.25) is 0 Å². The summed E-state index contributed by atoms with van der Waals surface area (Å²) in [5.41, 5.74) is 1.62. The van der Waals surface area contributed by atoms with Crippen molar-refractivity contribution in [1.29, 1.82) is 0 Å². The van der Waals surface area contributed by atoms with Crippen LogP contribution in [0.5, 0.6) is 0 Å². The van der Waals surface area contributed by atoms with Crippen molar-refractivity contribution in [2.75, 3.05) is 33.4 Å².